The Morgan fingerprint density at radius 3 is 2.46 bits per heavy atom. The molecule has 7 heteroatoms. The second kappa shape index (κ2) is 8.30. The fraction of sp³-hybridized carbons (Fsp3) is 0.353. The maximum absolute atomic E-state index is 12.3. The lowest BCUT2D eigenvalue weighted by Gasteiger charge is -2.20. The van der Waals surface area contributed by atoms with Gasteiger partial charge in [0.25, 0.3) is 5.91 Å². The fourth-order valence-corrected chi connectivity index (χ4v) is 3.73. The summed E-state index contributed by atoms with van der Waals surface area (Å²) in [6.45, 7) is 6.13. The molecule has 2 rings (SSSR count). The van der Waals surface area contributed by atoms with Crippen LogP contribution in [0, 0.1) is 0 Å². The molecule has 0 saturated carbocycles. The van der Waals surface area contributed by atoms with Gasteiger partial charge in [0, 0.05) is 37.7 Å². The van der Waals surface area contributed by atoms with Crippen molar-refractivity contribution in [1.82, 2.24) is 4.90 Å². The Morgan fingerprint density at radius 2 is 1.92 bits per heavy atom. The van der Waals surface area contributed by atoms with E-state index in [9.17, 15) is 14.7 Å². The molecule has 0 radical (unpaired) electrons. The van der Waals surface area contributed by atoms with Crippen LogP contribution in [0.25, 0.3) is 6.08 Å². The van der Waals surface area contributed by atoms with Crippen molar-refractivity contribution in [3.05, 3.63) is 34.7 Å². The lowest BCUT2D eigenvalue weighted by Crippen LogP contribution is -2.33. The number of hydrogen-bond donors (Lipinski definition) is 0. The number of thiocarbonyl (C=S) groups is 1. The van der Waals surface area contributed by atoms with Gasteiger partial charge in [-0.25, -0.2) is 0 Å². The van der Waals surface area contributed by atoms with Crippen molar-refractivity contribution in [2.24, 2.45) is 0 Å². The maximum Gasteiger partial charge on any atom is 0.266 e. The highest BCUT2D eigenvalue weighted by molar-refractivity contribution is 8.26. The van der Waals surface area contributed by atoms with Gasteiger partial charge in [-0.05, 0) is 37.6 Å². The first kappa shape index (κ1) is 18.5. The van der Waals surface area contributed by atoms with E-state index in [2.05, 4.69) is 18.7 Å². The smallest absolute Gasteiger partial charge is 0.266 e. The van der Waals surface area contributed by atoms with Crippen molar-refractivity contribution in [3.63, 3.8) is 0 Å². The van der Waals surface area contributed by atoms with E-state index in [1.54, 1.807) is 6.08 Å². The molecule has 0 spiro atoms. The van der Waals surface area contributed by atoms with Crippen LogP contribution in [0.4, 0.5) is 5.69 Å². The first-order chi connectivity index (χ1) is 11.5. The Kier molecular flexibility index (Phi) is 6.39. The molecule has 0 bridgehead atoms. The van der Waals surface area contributed by atoms with Gasteiger partial charge in [0.05, 0.1) is 4.91 Å². The lowest BCUT2D eigenvalue weighted by molar-refractivity contribution is -0.305. The zero-order chi connectivity index (χ0) is 17.7. The van der Waals surface area contributed by atoms with Gasteiger partial charge < -0.3 is 14.8 Å². The van der Waals surface area contributed by atoms with Crippen LogP contribution in [0.2, 0.25) is 0 Å². The molecule has 0 aliphatic carbocycles. The summed E-state index contributed by atoms with van der Waals surface area (Å²) in [7, 11) is 0. The molecule has 128 valence electrons. The highest BCUT2D eigenvalue weighted by atomic mass is 32.2. The van der Waals surface area contributed by atoms with E-state index in [0.717, 1.165) is 24.3 Å². The summed E-state index contributed by atoms with van der Waals surface area (Å²) in [5.74, 6) is -1.45. The molecule has 1 aromatic rings. The van der Waals surface area contributed by atoms with Crippen LogP contribution in [-0.2, 0) is 9.59 Å². The normalized spacial score (nSPS) is 16.1. The fourth-order valence-electron chi connectivity index (χ4n) is 2.42. The SMILES string of the molecule is CCN(CC)c1ccc(/C=C2\SC(=S)N(CCC(=O)[O-])C2=O)cc1. The van der Waals surface area contributed by atoms with E-state index >= 15 is 0 Å². The predicted octanol–water partition coefficient (Wildman–Crippen LogP) is 1.87. The van der Waals surface area contributed by atoms with Gasteiger partial charge in [0.2, 0.25) is 0 Å². The Morgan fingerprint density at radius 1 is 1.29 bits per heavy atom. The molecule has 0 aromatic heterocycles. The number of rotatable bonds is 7. The minimum absolute atomic E-state index is 0.0469. The summed E-state index contributed by atoms with van der Waals surface area (Å²) in [5.41, 5.74) is 2.05. The van der Waals surface area contributed by atoms with E-state index in [1.165, 1.54) is 16.7 Å². The van der Waals surface area contributed by atoms with Crippen LogP contribution in [0.5, 0.6) is 0 Å². The Labute approximate surface area is 151 Å². The number of carboxylic acid groups (broad SMARTS) is 1. The molecule has 1 heterocycles. The van der Waals surface area contributed by atoms with Gasteiger partial charge in [-0.15, -0.1) is 0 Å². The summed E-state index contributed by atoms with van der Waals surface area (Å²) in [4.78, 5) is 26.9. The number of amides is 1. The molecule has 1 aromatic carbocycles. The zero-order valence-electron chi connectivity index (χ0n) is 13.7. The zero-order valence-corrected chi connectivity index (χ0v) is 15.3. The van der Waals surface area contributed by atoms with Crippen molar-refractivity contribution < 1.29 is 14.7 Å². The van der Waals surface area contributed by atoms with Gasteiger partial charge in [-0.3, -0.25) is 9.69 Å². The van der Waals surface area contributed by atoms with E-state index in [1.807, 2.05) is 24.3 Å². The molecule has 0 N–H and O–H groups in total. The standard InChI is InChI=1S/C17H20N2O3S2/c1-3-18(4-2)13-7-5-12(6-8-13)11-14-16(22)19(17(23)24-14)10-9-15(20)21/h5-8,11H,3-4,9-10H2,1-2H3,(H,20,21)/p-1/b14-11-. The second-order valence-electron chi connectivity index (χ2n) is 5.22. The summed E-state index contributed by atoms with van der Waals surface area (Å²) >= 11 is 6.35. The first-order valence-corrected chi connectivity index (χ1v) is 8.99. The number of thioether (sulfide) groups is 1. The third-order valence-electron chi connectivity index (χ3n) is 3.73. The average molecular weight is 363 g/mol. The topological polar surface area (TPSA) is 63.7 Å². The molecule has 1 aliphatic rings. The van der Waals surface area contributed by atoms with Gasteiger partial charge in [0.1, 0.15) is 4.32 Å². The minimum atomic E-state index is -1.19. The number of aliphatic carboxylic acids is 1. The molecule has 24 heavy (non-hydrogen) atoms. The molecule has 1 saturated heterocycles. The predicted molar refractivity (Wildman–Crippen MR) is 99.5 cm³/mol. The largest absolute Gasteiger partial charge is 0.550 e. The summed E-state index contributed by atoms with van der Waals surface area (Å²) < 4.78 is 0.382. The molecule has 0 atom stereocenters. The Bertz CT molecular complexity index is 667. The van der Waals surface area contributed by atoms with Crippen LogP contribution in [-0.4, -0.2) is 40.7 Å². The van der Waals surface area contributed by atoms with Crippen molar-refractivity contribution in [3.8, 4) is 0 Å². The minimum Gasteiger partial charge on any atom is -0.550 e. The van der Waals surface area contributed by atoms with E-state index < -0.39 is 5.97 Å². The van der Waals surface area contributed by atoms with Crippen molar-refractivity contribution in [1.29, 1.82) is 0 Å². The average Bonchev–Trinajstić information content (AvgIpc) is 2.82. The number of carboxylic acids is 1. The molecule has 1 fully saturated rings. The highest BCUT2D eigenvalue weighted by Gasteiger charge is 2.31. The second-order valence-corrected chi connectivity index (χ2v) is 6.89. The third kappa shape index (κ3) is 4.36. The van der Waals surface area contributed by atoms with Crippen molar-refractivity contribution >= 4 is 51.9 Å². The molecule has 5 nitrogen and oxygen atoms in total. The van der Waals surface area contributed by atoms with Crippen LogP contribution >= 0.6 is 24.0 Å². The summed E-state index contributed by atoms with van der Waals surface area (Å²) in [5, 5.41) is 10.6. The van der Waals surface area contributed by atoms with Crippen molar-refractivity contribution in [2.75, 3.05) is 24.5 Å². The first-order valence-electron chi connectivity index (χ1n) is 7.76. The number of carbonyl (C=O) groups is 2. The lowest BCUT2D eigenvalue weighted by atomic mass is 10.1. The van der Waals surface area contributed by atoms with E-state index in [-0.39, 0.29) is 18.9 Å². The van der Waals surface area contributed by atoms with Crippen LogP contribution in [0.1, 0.15) is 25.8 Å². The van der Waals surface area contributed by atoms with E-state index in [4.69, 9.17) is 12.2 Å². The molecule has 1 aliphatic heterocycles. The monoisotopic (exact) mass is 363 g/mol. The Hall–Kier alpha value is -1.86. The summed E-state index contributed by atoms with van der Waals surface area (Å²) in [6.07, 6.45) is 1.56. The van der Waals surface area contributed by atoms with Crippen LogP contribution < -0.4 is 10.0 Å². The van der Waals surface area contributed by atoms with Gasteiger partial charge in [-0.1, -0.05) is 36.1 Å². The number of carbonyl (C=O) groups excluding carboxylic acids is 2. The van der Waals surface area contributed by atoms with Crippen LogP contribution in [0.15, 0.2) is 29.2 Å². The molecule has 1 amide bonds. The van der Waals surface area contributed by atoms with Gasteiger partial charge in [-0.2, -0.15) is 0 Å². The molecular formula is C17H19N2O3S2-. The Balaban J connectivity index is 2.12. The highest BCUT2D eigenvalue weighted by Crippen LogP contribution is 2.32. The van der Waals surface area contributed by atoms with E-state index in [0.29, 0.717) is 9.23 Å². The summed E-state index contributed by atoms with van der Waals surface area (Å²) in [6, 6.07) is 7.97. The maximum atomic E-state index is 12.3. The van der Waals surface area contributed by atoms with Crippen molar-refractivity contribution in [2.45, 2.75) is 20.3 Å². The van der Waals surface area contributed by atoms with Crippen LogP contribution in [0.3, 0.4) is 0 Å². The molecule has 0 unspecified atom stereocenters. The van der Waals surface area contributed by atoms with Gasteiger partial charge in [0.15, 0.2) is 0 Å². The number of benzene rings is 1. The number of hydrogen-bond acceptors (Lipinski definition) is 6. The van der Waals surface area contributed by atoms with Gasteiger partial charge >= 0.3 is 0 Å². The third-order valence-corrected chi connectivity index (χ3v) is 5.11. The number of anilines is 1. The molecular weight excluding hydrogens is 344 g/mol. The quantitative estimate of drug-likeness (QED) is 0.544. The number of nitrogens with zero attached hydrogens (tertiary/aromatic N) is 2.